The molecule has 7 heteroatoms. The summed E-state index contributed by atoms with van der Waals surface area (Å²) in [5.74, 6) is 0.00865. The maximum absolute atomic E-state index is 12.6. The van der Waals surface area contributed by atoms with Crippen LogP contribution >= 0.6 is 11.8 Å². The SMILES string of the molecule is COc1ccccc1NC(=O)C[C@H]1SC(=N)N(c2ccccc2)C1=O. The molecule has 0 radical (unpaired) electrons. The fraction of sp³-hybridized carbons (Fsp3) is 0.167. The Morgan fingerprint density at radius 2 is 1.88 bits per heavy atom. The first-order chi connectivity index (χ1) is 12.1. The van der Waals surface area contributed by atoms with Crippen molar-refractivity contribution in [2.75, 3.05) is 17.3 Å². The van der Waals surface area contributed by atoms with E-state index in [1.165, 1.54) is 12.0 Å². The second-order valence-corrected chi connectivity index (χ2v) is 6.56. The van der Waals surface area contributed by atoms with Crippen LogP contribution in [0.15, 0.2) is 54.6 Å². The molecule has 3 rings (SSSR count). The molecule has 2 N–H and O–H groups in total. The van der Waals surface area contributed by atoms with E-state index >= 15 is 0 Å². The predicted molar refractivity (Wildman–Crippen MR) is 99.3 cm³/mol. The number of nitrogens with one attached hydrogen (secondary N) is 2. The molecule has 2 amide bonds. The van der Waals surface area contributed by atoms with Crippen molar-refractivity contribution >= 4 is 40.1 Å². The van der Waals surface area contributed by atoms with Crippen LogP contribution in [0.4, 0.5) is 11.4 Å². The quantitative estimate of drug-likeness (QED) is 0.863. The number of benzene rings is 2. The minimum atomic E-state index is -0.609. The number of nitrogens with zero attached hydrogens (tertiary/aromatic N) is 1. The van der Waals surface area contributed by atoms with Crippen molar-refractivity contribution in [3.05, 3.63) is 54.6 Å². The zero-order chi connectivity index (χ0) is 17.8. The number of methoxy groups -OCH3 is 1. The minimum Gasteiger partial charge on any atom is -0.495 e. The molecule has 1 aliphatic rings. The molecule has 1 atom stereocenters. The van der Waals surface area contributed by atoms with Crippen LogP contribution in [-0.2, 0) is 9.59 Å². The van der Waals surface area contributed by atoms with Crippen molar-refractivity contribution in [1.29, 1.82) is 5.41 Å². The predicted octanol–water partition coefficient (Wildman–Crippen LogP) is 3.11. The number of amides is 2. The molecule has 0 aromatic heterocycles. The highest BCUT2D eigenvalue weighted by molar-refractivity contribution is 8.16. The van der Waals surface area contributed by atoms with Gasteiger partial charge in [-0.15, -0.1) is 0 Å². The first-order valence-electron chi connectivity index (χ1n) is 7.67. The summed E-state index contributed by atoms with van der Waals surface area (Å²) < 4.78 is 5.20. The van der Waals surface area contributed by atoms with E-state index in [1.807, 2.05) is 24.3 Å². The van der Waals surface area contributed by atoms with Gasteiger partial charge < -0.3 is 10.1 Å². The average Bonchev–Trinajstić information content (AvgIpc) is 2.89. The lowest BCUT2D eigenvalue weighted by molar-refractivity contribution is -0.121. The maximum Gasteiger partial charge on any atom is 0.247 e. The Kier molecular flexibility index (Phi) is 5.04. The number of carbonyl (C=O) groups is 2. The number of para-hydroxylation sites is 3. The van der Waals surface area contributed by atoms with Gasteiger partial charge in [-0.05, 0) is 24.3 Å². The Balaban J connectivity index is 1.68. The number of carbonyl (C=O) groups excluding carboxylic acids is 2. The number of amidine groups is 1. The van der Waals surface area contributed by atoms with Crippen molar-refractivity contribution in [3.8, 4) is 5.75 Å². The molecule has 6 nitrogen and oxygen atoms in total. The summed E-state index contributed by atoms with van der Waals surface area (Å²) in [6, 6.07) is 16.1. The van der Waals surface area contributed by atoms with E-state index < -0.39 is 5.25 Å². The number of hydrogen-bond donors (Lipinski definition) is 2. The third kappa shape index (κ3) is 3.66. The van der Waals surface area contributed by atoms with Crippen molar-refractivity contribution in [2.45, 2.75) is 11.7 Å². The third-order valence-corrected chi connectivity index (χ3v) is 4.78. The topological polar surface area (TPSA) is 82.5 Å². The van der Waals surface area contributed by atoms with Gasteiger partial charge in [0.05, 0.1) is 18.5 Å². The van der Waals surface area contributed by atoms with Crippen molar-refractivity contribution < 1.29 is 14.3 Å². The van der Waals surface area contributed by atoms with Gasteiger partial charge in [-0.1, -0.05) is 42.1 Å². The lowest BCUT2D eigenvalue weighted by Gasteiger charge is -2.15. The van der Waals surface area contributed by atoms with Gasteiger partial charge in [0.2, 0.25) is 11.8 Å². The summed E-state index contributed by atoms with van der Waals surface area (Å²) >= 11 is 1.09. The summed E-state index contributed by atoms with van der Waals surface area (Å²) in [6.45, 7) is 0. The van der Waals surface area contributed by atoms with Crippen molar-refractivity contribution in [2.24, 2.45) is 0 Å². The zero-order valence-corrected chi connectivity index (χ0v) is 14.4. The second kappa shape index (κ2) is 7.40. The standard InChI is InChI=1S/C18H17N3O3S/c1-24-14-10-6-5-9-13(14)20-16(22)11-15-17(23)21(18(19)25-15)12-7-3-2-4-8-12/h2-10,15,19H,11H2,1H3,(H,20,22)/t15-/m1/s1. The van der Waals surface area contributed by atoms with Crippen LogP contribution in [0.25, 0.3) is 0 Å². The lowest BCUT2D eigenvalue weighted by atomic mass is 10.2. The number of anilines is 2. The normalized spacial score (nSPS) is 16.8. The lowest BCUT2D eigenvalue weighted by Crippen LogP contribution is -2.33. The molecule has 0 unspecified atom stereocenters. The highest BCUT2D eigenvalue weighted by atomic mass is 32.2. The highest BCUT2D eigenvalue weighted by Gasteiger charge is 2.39. The van der Waals surface area contributed by atoms with Crippen LogP contribution < -0.4 is 15.0 Å². The number of rotatable bonds is 5. The summed E-state index contributed by atoms with van der Waals surface area (Å²) in [4.78, 5) is 26.2. The molecule has 1 fully saturated rings. The first-order valence-corrected chi connectivity index (χ1v) is 8.55. The van der Waals surface area contributed by atoms with Gasteiger partial charge in [0.25, 0.3) is 0 Å². The molecule has 0 spiro atoms. The van der Waals surface area contributed by atoms with Gasteiger partial charge in [0, 0.05) is 6.42 Å². The Labute approximate surface area is 149 Å². The van der Waals surface area contributed by atoms with Crippen LogP contribution in [0.2, 0.25) is 0 Å². The molecule has 128 valence electrons. The largest absolute Gasteiger partial charge is 0.495 e. The maximum atomic E-state index is 12.6. The number of thioether (sulfide) groups is 1. The Morgan fingerprint density at radius 3 is 2.60 bits per heavy atom. The van der Waals surface area contributed by atoms with Crippen LogP contribution in [0, 0.1) is 5.41 Å². The van der Waals surface area contributed by atoms with Gasteiger partial charge >= 0.3 is 0 Å². The Hall–Kier alpha value is -2.80. The Bertz CT molecular complexity index is 810. The van der Waals surface area contributed by atoms with Gasteiger partial charge in [-0.25, -0.2) is 0 Å². The molecule has 0 saturated carbocycles. The van der Waals surface area contributed by atoms with E-state index in [-0.39, 0.29) is 23.4 Å². The van der Waals surface area contributed by atoms with E-state index in [0.29, 0.717) is 17.1 Å². The molecular weight excluding hydrogens is 338 g/mol. The van der Waals surface area contributed by atoms with Gasteiger partial charge in [-0.2, -0.15) is 0 Å². The van der Waals surface area contributed by atoms with Gasteiger partial charge in [0.15, 0.2) is 5.17 Å². The van der Waals surface area contributed by atoms with E-state index in [2.05, 4.69) is 5.32 Å². The number of hydrogen-bond acceptors (Lipinski definition) is 5. The summed E-state index contributed by atoms with van der Waals surface area (Å²) in [5.41, 5.74) is 1.19. The fourth-order valence-corrected chi connectivity index (χ4v) is 3.56. The monoisotopic (exact) mass is 355 g/mol. The third-order valence-electron chi connectivity index (χ3n) is 3.72. The molecule has 2 aromatic rings. The molecule has 0 aliphatic carbocycles. The van der Waals surface area contributed by atoms with Crippen LogP contribution in [0.1, 0.15) is 6.42 Å². The molecule has 1 saturated heterocycles. The molecule has 1 aliphatic heterocycles. The number of ether oxygens (including phenoxy) is 1. The smallest absolute Gasteiger partial charge is 0.247 e. The van der Waals surface area contributed by atoms with E-state index in [0.717, 1.165) is 11.8 Å². The molecule has 0 bridgehead atoms. The van der Waals surface area contributed by atoms with Crippen LogP contribution in [-0.4, -0.2) is 29.3 Å². The van der Waals surface area contributed by atoms with Crippen LogP contribution in [0.5, 0.6) is 5.75 Å². The molecule has 25 heavy (non-hydrogen) atoms. The highest BCUT2D eigenvalue weighted by Crippen LogP contribution is 2.33. The van der Waals surface area contributed by atoms with E-state index in [4.69, 9.17) is 10.1 Å². The van der Waals surface area contributed by atoms with Crippen molar-refractivity contribution in [3.63, 3.8) is 0 Å². The first kappa shape index (κ1) is 17.0. The van der Waals surface area contributed by atoms with Crippen molar-refractivity contribution in [1.82, 2.24) is 0 Å². The fourth-order valence-electron chi connectivity index (χ4n) is 2.55. The van der Waals surface area contributed by atoms with Gasteiger partial charge in [0.1, 0.15) is 11.0 Å². The Morgan fingerprint density at radius 1 is 1.20 bits per heavy atom. The zero-order valence-electron chi connectivity index (χ0n) is 13.6. The molecular formula is C18H17N3O3S. The van der Waals surface area contributed by atoms with E-state index in [1.54, 1.807) is 30.3 Å². The average molecular weight is 355 g/mol. The minimum absolute atomic E-state index is 0.00668. The van der Waals surface area contributed by atoms with Crippen LogP contribution in [0.3, 0.4) is 0 Å². The molecule has 2 aromatic carbocycles. The summed E-state index contributed by atoms with van der Waals surface area (Å²) in [5, 5.41) is 10.3. The summed E-state index contributed by atoms with van der Waals surface area (Å²) in [6.07, 6.45) is -0.00668. The second-order valence-electron chi connectivity index (χ2n) is 5.37. The summed E-state index contributed by atoms with van der Waals surface area (Å²) in [7, 11) is 1.53. The molecule has 1 heterocycles. The van der Waals surface area contributed by atoms with E-state index in [9.17, 15) is 9.59 Å². The van der Waals surface area contributed by atoms with Gasteiger partial charge in [-0.3, -0.25) is 19.9 Å².